The Morgan fingerprint density at radius 2 is 1.40 bits per heavy atom. The largest absolute Gasteiger partial charge is 0.480 e. The number of carbonyl (C=O) groups is 3. The van der Waals surface area contributed by atoms with Crippen molar-refractivity contribution in [3.05, 3.63) is 118 Å². The molecule has 0 spiro atoms. The molecular formula is C38H38N4O4S. The molecule has 0 saturated heterocycles. The normalized spacial score (nSPS) is 12.6. The van der Waals surface area contributed by atoms with Crippen LogP contribution in [0.5, 0.6) is 0 Å². The van der Waals surface area contributed by atoms with Gasteiger partial charge in [-0.3, -0.25) is 14.4 Å². The SMILES string of the molecule is Cc1cccc(-c2ccc(-c3cnc(-c4ccc(C[C@H](NC(=O)c5ccc(C(C)(C)C)s5)C(=O)N[C@H](C)C(=O)O)cc4)nc3)cc2)c1. The minimum atomic E-state index is -1.16. The number of nitrogens with zero attached hydrogens (tertiary/aromatic N) is 2. The van der Waals surface area contributed by atoms with E-state index in [1.807, 2.05) is 30.3 Å². The number of rotatable bonds is 10. The summed E-state index contributed by atoms with van der Waals surface area (Å²) in [5.74, 6) is -1.56. The van der Waals surface area contributed by atoms with E-state index in [0.717, 1.165) is 32.7 Å². The molecule has 5 aromatic rings. The summed E-state index contributed by atoms with van der Waals surface area (Å²) in [5.41, 5.74) is 6.92. The molecular weight excluding hydrogens is 609 g/mol. The molecule has 3 N–H and O–H groups in total. The fourth-order valence-electron chi connectivity index (χ4n) is 5.01. The number of carboxylic acids is 1. The van der Waals surface area contributed by atoms with Crippen LogP contribution in [-0.2, 0) is 21.4 Å². The highest BCUT2D eigenvalue weighted by molar-refractivity contribution is 7.14. The van der Waals surface area contributed by atoms with Crippen LogP contribution in [0.25, 0.3) is 33.6 Å². The van der Waals surface area contributed by atoms with E-state index in [1.165, 1.54) is 29.4 Å². The number of hydrogen-bond donors (Lipinski definition) is 3. The lowest BCUT2D eigenvalue weighted by molar-refractivity contribution is -0.141. The molecule has 0 radical (unpaired) electrons. The highest BCUT2D eigenvalue weighted by atomic mass is 32.1. The first-order valence-corrected chi connectivity index (χ1v) is 16.2. The first-order valence-electron chi connectivity index (χ1n) is 15.4. The van der Waals surface area contributed by atoms with Crippen molar-refractivity contribution in [2.24, 2.45) is 0 Å². The zero-order chi connectivity index (χ0) is 33.7. The molecule has 0 aliphatic carbocycles. The first kappa shape index (κ1) is 33.2. The minimum absolute atomic E-state index is 0.115. The van der Waals surface area contributed by atoms with Crippen LogP contribution < -0.4 is 10.6 Å². The number of thiophene rings is 1. The third-order valence-electron chi connectivity index (χ3n) is 7.79. The van der Waals surface area contributed by atoms with Gasteiger partial charge in [-0.05, 0) is 53.6 Å². The van der Waals surface area contributed by atoms with Gasteiger partial charge in [-0.2, -0.15) is 0 Å². The van der Waals surface area contributed by atoms with Crippen molar-refractivity contribution in [3.8, 4) is 33.6 Å². The zero-order valence-corrected chi connectivity index (χ0v) is 27.9. The number of carboxylic acid groups (broad SMARTS) is 1. The van der Waals surface area contributed by atoms with Crippen molar-refractivity contribution in [1.82, 2.24) is 20.6 Å². The molecule has 2 amide bonds. The van der Waals surface area contributed by atoms with Crippen molar-refractivity contribution >= 4 is 29.1 Å². The van der Waals surface area contributed by atoms with E-state index in [1.54, 1.807) is 18.5 Å². The summed E-state index contributed by atoms with van der Waals surface area (Å²) in [6.07, 6.45) is 3.76. The zero-order valence-electron chi connectivity index (χ0n) is 27.1. The van der Waals surface area contributed by atoms with E-state index >= 15 is 0 Å². The summed E-state index contributed by atoms with van der Waals surface area (Å²) in [5, 5.41) is 14.6. The van der Waals surface area contributed by atoms with Crippen LogP contribution in [-0.4, -0.2) is 44.9 Å². The van der Waals surface area contributed by atoms with Gasteiger partial charge in [0.1, 0.15) is 12.1 Å². The second-order valence-electron chi connectivity index (χ2n) is 12.7. The molecule has 2 atom stereocenters. The summed E-state index contributed by atoms with van der Waals surface area (Å²) in [7, 11) is 0. The molecule has 0 aliphatic heterocycles. The van der Waals surface area contributed by atoms with Crippen LogP contribution in [0.4, 0.5) is 0 Å². The van der Waals surface area contributed by atoms with E-state index in [4.69, 9.17) is 0 Å². The molecule has 9 heteroatoms. The maximum Gasteiger partial charge on any atom is 0.325 e. The van der Waals surface area contributed by atoms with Crippen molar-refractivity contribution in [3.63, 3.8) is 0 Å². The second kappa shape index (κ2) is 14.1. The van der Waals surface area contributed by atoms with Gasteiger partial charge in [0.05, 0.1) is 4.88 Å². The van der Waals surface area contributed by atoms with E-state index in [2.05, 4.69) is 96.8 Å². The molecule has 0 aliphatic rings. The van der Waals surface area contributed by atoms with Crippen molar-refractivity contribution < 1.29 is 19.5 Å². The number of carbonyl (C=O) groups excluding carboxylic acids is 2. The Labute approximate surface area is 278 Å². The van der Waals surface area contributed by atoms with Crippen LogP contribution in [0.15, 0.2) is 97.3 Å². The van der Waals surface area contributed by atoms with Gasteiger partial charge in [0.15, 0.2) is 5.82 Å². The van der Waals surface area contributed by atoms with Crippen LogP contribution in [0.2, 0.25) is 0 Å². The molecule has 47 heavy (non-hydrogen) atoms. The standard InChI is InChI=1S/C38H38N4O4S/c1-23-7-6-8-29(19-23)26-13-15-27(16-14-26)30-21-39-34(40-22-30)28-11-9-25(10-12-28)20-31(35(43)41-24(2)37(45)46)42-36(44)32-17-18-33(47-32)38(3,4)5/h6-19,21-22,24,31H,20H2,1-5H3,(H,41,43)(H,42,44)(H,45,46)/t24-,31+/m1/s1. The van der Waals surface area contributed by atoms with E-state index in [0.29, 0.717) is 10.7 Å². The number of benzene rings is 3. The lowest BCUT2D eigenvalue weighted by atomic mass is 9.95. The maximum absolute atomic E-state index is 13.2. The Morgan fingerprint density at radius 3 is 1.98 bits per heavy atom. The van der Waals surface area contributed by atoms with Gasteiger partial charge >= 0.3 is 5.97 Å². The number of aromatic nitrogens is 2. The lowest BCUT2D eigenvalue weighted by Gasteiger charge is -2.20. The Kier molecular flexibility index (Phi) is 9.96. The molecule has 0 bridgehead atoms. The average Bonchev–Trinajstić information content (AvgIpc) is 3.57. The minimum Gasteiger partial charge on any atom is -0.480 e. The monoisotopic (exact) mass is 646 g/mol. The van der Waals surface area contributed by atoms with Crippen LogP contribution in [0.1, 0.15) is 53.4 Å². The van der Waals surface area contributed by atoms with Gasteiger partial charge in [-0.1, -0.05) is 99.1 Å². The lowest BCUT2D eigenvalue weighted by Crippen LogP contribution is -2.51. The second-order valence-corrected chi connectivity index (χ2v) is 13.7. The Morgan fingerprint density at radius 1 is 0.787 bits per heavy atom. The van der Waals surface area contributed by atoms with Crippen LogP contribution >= 0.6 is 11.3 Å². The van der Waals surface area contributed by atoms with Crippen LogP contribution in [0, 0.1) is 6.92 Å². The molecule has 2 aromatic heterocycles. The third kappa shape index (κ3) is 8.37. The third-order valence-corrected chi connectivity index (χ3v) is 9.30. The quantitative estimate of drug-likeness (QED) is 0.149. The number of amides is 2. The fraction of sp³-hybridized carbons (Fsp3) is 0.237. The molecule has 0 saturated carbocycles. The summed E-state index contributed by atoms with van der Waals surface area (Å²) in [6, 6.07) is 25.7. The molecule has 240 valence electrons. The van der Waals surface area contributed by atoms with Crippen molar-refractivity contribution in [2.45, 2.75) is 58.5 Å². The number of aryl methyl sites for hydroxylation is 1. The van der Waals surface area contributed by atoms with Crippen molar-refractivity contribution in [2.75, 3.05) is 0 Å². The number of nitrogens with one attached hydrogen (secondary N) is 2. The molecule has 8 nitrogen and oxygen atoms in total. The molecule has 2 heterocycles. The van der Waals surface area contributed by atoms with Gasteiger partial charge in [-0.15, -0.1) is 11.3 Å². The summed E-state index contributed by atoms with van der Waals surface area (Å²) < 4.78 is 0. The van der Waals surface area contributed by atoms with E-state index < -0.39 is 24.0 Å². The Bertz CT molecular complexity index is 1880. The molecule has 5 rings (SSSR count). The van der Waals surface area contributed by atoms with Crippen LogP contribution in [0.3, 0.4) is 0 Å². The Hall–Kier alpha value is -5.15. The highest BCUT2D eigenvalue weighted by Gasteiger charge is 2.26. The van der Waals surface area contributed by atoms with Crippen molar-refractivity contribution in [1.29, 1.82) is 0 Å². The molecule has 0 fully saturated rings. The predicted octanol–water partition coefficient (Wildman–Crippen LogP) is 7.08. The van der Waals surface area contributed by atoms with E-state index in [-0.39, 0.29) is 17.7 Å². The number of hydrogen-bond acceptors (Lipinski definition) is 6. The Balaban J connectivity index is 1.28. The summed E-state index contributed by atoms with van der Waals surface area (Å²) in [6.45, 7) is 9.67. The molecule has 3 aromatic carbocycles. The van der Waals surface area contributed by atoms with Gasteiger partial charge in [0.2, 0.25) is 5.91 Å². The van der Waals surface area contributed by atoms with Gasteiger partial charge in [0.25, 0.3) is 5.91 Å². The molecule has 0 unspecified atom stereocenters. The smallest absolute Gasteiger partial charge is 0.325 e. The van der Waals surface area contributed by atoms with Gasteiger partial charge < -0.3 is 15.7 Å². The first-order chi connectivity index (χ1) is 22.4. The van der Waals surface area contributed by atoms with Gasteiger partial charge in [0, 0.05) is 34.8 Å². The average molecular weight is 647 g/mol. The number of aliphatic carboxylic acids is 1. The topological polar surface area (TPSA) is 121 Å². The highest BCUT2D eigenvalue weighted by Crippen LogP contribution is 2.30. The predicted molar refractivity (Wildman–Crippen MR) is 186 cm³/mol. The summed E-state index contributed by atoms with van der Waals surface area (Å²) >= 11 is 1.37. The maximum atomic E-state index is 13.2. The summed E-state index contributed by atoms with van der Waals surface area (Å²) in [4.78, 5) is 48.4. The fourth-order valence-corrected chi connectivity index (χ4v) is 5.98. The van der Waals surface area contributed by atoms with Gasteiger partial charge in [-0.25, -0.2) is 9.97 Å². The van der Waals surface area contributed by atoms with E-state index in [9.17, 15) is 19.5 Å².